The summed E-state index contributed by atoms with van der Waals surface area (Å²) >= 11 is 0. The molecule has 99 valence electrons. The van der Waals surface area contributed by atoms with E-state index in [4.69, 9.17) is 9.84 Å². The van der Waals surface area contributed by atoms with E-state index in [2.05, 4.69) is 4.98 Å². The zero-order valence-electron chi connectivity index (χ0n) is 9.81. The van der Waals surface area contributed by atoms with Gasteiger partial charge in [0.2, 0.25) is 5.43 Å². The van der Waals surface area contributed by atoms with E-state index in [1.165, 1.54) is 13.3 Å². The molecule has 0 saturated heterocycles. The minimum atomic E-state index is -1.24. The van der Waals surface area contributed by atoms with Crippen LogP contribution in [0.3, 0.4) is 0 Å². The number of H-pyrrole nitrogens is 1. The van der Waals surface area contributed by atoms with E-state index in [0.29, 0.717) is 16.7 Å². The fourth-order valence-electron chi connectivity index (χ4n) is 1.55. The Morgan fingerprint density at radius 2 is 2.05 bits per heavy atom. The van der Waals surface area contributed by atoms with E-state index in [9.17, 15) is 18.2 Å². The van der Waals surface area contributed by atoms with Crippen LogP contribution in [0.15, 0.2) is 29.2 Å². The SMILES string of the molecule is COc1cccc2c(=O)c(C(=O)O)c[nH]c12.F[B]F. The molecular weight excluding hydrogens is 259 g/mol. The lowest BCUT2D eigenvalue weighted by molar-refractivity contribution is 0.0695. The van der Waals surface area contributed by atoms with E-state index in [0.717, 1.165) is 0 Å². The van der Waals surface area contributed by atoms with Crippen LogP contribution in [0.25, 0.3) is 10.9 Å². The topological polar surface area (TPSA) is 79.4 Å². The molecule has 0 aliphatic rings. The third kappa shape index (κ3) is 3.09. The van der Waals surface area contributed by atoms with Crippen molar-refractivity contribution < 1.29 is 23.3 Å². The maximum atomic E-state index is 11.8. The van der Waals surface area contributed by atoms with Crippen molar-refractivity contribution >= 4 is 24.7 Å². The first kappa shape index (κ1) is 14.7. The van der Waals surface area contributed by atoms with Gasteiger partial charge in [-0.2, -0.15) is 0 Å². The van der Waals surface area contributed by atoms with Crippen molar-refractivity contribution in [1.29, 1.82) is 0 Å². The molecule has 8 heteroatoms. The highest BCUT2D eigenvalue weighted by Crippen LogP contribution is 2.20. The van der Waals surface area contributed by atoms with Gasteiger partial charge in [0.15, 0.2) is 0 Å². The Balaban J connectivity index is 0.000000550. The molecule has 2 rings (SSSR count). The number of aromatic amines is 1. The second-order valence-electron chi connectivity index (χ2n) is 3.30. The molecule has 0 amide bonds. The molecule has 0 fully saturated rings. The molecule has 2 N–H and O–H groups in total. The number of hydrogen-bond donors (Lipinski definition) is 2. The summed E-state index contributed by atoms with van der Waals surface area (Å²) < 4.78 is 24.1. The number of pyridine rings is 1. The fourth-order valence-corrected chi connectivity index (χ4v) is 1.55. The summed E-state index contributed by atoms with van der Waals surface area (Å²) in [6, 6.07) is 4.89. The number of carbonyl (C=O) groups is 1. The normalized spacial score (nSPS) is 9.42. The Morgan fingerprint density at radius 1 is 1.42 bits per heavy atom. The zero-order chi connectivity index (χ0) is 14.4. The van der Waals surface area contributed by atoms with Crippen LogP contribution in [0.5, 0.6) is 5.75 Å². The highest BCUT2D eigenvalue weighted by Gasteiger charge is 2.12. The molecule has 0 aliphatic carbocycles. The number of ether oxygens (including phenoxy) is 1. The number of aromatic nitrogens is 1. The maximum absolute atomic E-state index is 11.8. The Bertz CT molecular complexity index is 644. The first-order valence-electron chi connectivity index (χ1n) is 5.00. The molecule has 1 radical (unpaired) electrons. The number of methoxy groups -OCH3 is 1. The monoisotopic (exact) mass is 268 g/mol. The highest BCUT2D eigenvalue weighted by atomic mass is 19.2. The molecule has 19 heavy (non-hydrogen) atoms. The number of carboxylic acid groups (broad SMARTS) is 1. The Kier molecular flexibility index (Phi) is 5.05. The standard InChI is InChI=1S/C11H9NO4.BF2/c1-16-8-4-2-3-6-9(8)12-5-7(10(6)13)11(14)15;2-1-3/h2-5H,1H3,(H,12,13)(H,14,15);. The molecule has 1 aromatic heterocycles. The number of benzene rings is 1. The fraction of sp³-hybridized carbons (Fsp3) is 0.0909. The summed E-state index contributed by atoms with van der Waals surface area (Å²) in [6.45, 7) is 0. The van der Waals surface area contributed by atoms with Gasteiger partial charge in [0, 0.05) is 6.20 Å². The maximum Gasteiger partial charge on any atom is 0.577 e. The van der Waals surface area contributed by atoms with Crippen LogP contribution in [0.4, 0.5) is 8.63 Å². The molecule has 0 bridgehead atoms. The lowest BCUT2D eigenvalue weighted by atomic mass is 10.1. The molecule has 0 spiro atoms. The van der Waals surface area contributed by atoms with Crippen LogP contribution in [0.2, 0.25) is 0 Å². The van der Waals surface area contributed by atoms with Gasteiger partial charge < -0.3 is 14.8 Å². The molecule has 0 unspecified atom stereocenters. The highest BCUT2D eigenvalue weighted by molar-refractivity contribution is 6.15. The van der Waals surface area contributed by atoms with Crippen molar-refractivity contribution in [3.05, 3.63) is 40.2 Å². The number of nitrogens with one attached hydrogen (secondary N) is 1. The van der Waals surface area contributed by atoms with Crippen molar-refractivity contribution in [2.24, 2.45) is 0 Å². The zero-order valence-corrected chi connectivity index (χ0v) is 9.81. The van der Waals surface area contributed by atoms with Gasteiger partial charge in [-0.25, -0.2) is 4.79 Å². The van der Waals surface area contributed by atoms with Crippen molar-refractivity contribution in [1.82, 2.24) is 4.98 Å². The number of fused-ring (bicyclic) bond motifs is 1. The number of hydrogen-bond acceptors (Lipinski definition) is 3. The lowest BCUT2D eigenvalue weighted by Gasteiger charge is -2.04. The van der Waals surface area contributed by atoms with Gasteiger partial charge in [-0.3, -0.25) is 13.4 Å². The van der Waals surface area contributed by atoms with Crippen LogP contribution < -0.4 is 10.2 Å². The Labute approximate surface area is 107 Å². The summed E-state index contributed by atoms with van der Waals surface area (Å²) in [5, 5.41) is 9.11. The van der Waals surface area contributed by atoms with E-state index < -0.39 is 19.2 Å². The predicted molar refractivity (Wildman–Crippen MR) is 66.0 cm³/mol. The first-order valence-corrected chi connectivity index (χ1v) is 5.00. The average Bonchev–Trinajstić information content (AvgIpc) is 2.39. The quantitative estimate of drug-likeness (QED) is 0.812. The average molecular weight is 268 g/mol. The molecule has 0 atom stereocenters. The number of halogens is 2. The molecule has 0 saturated carbocycles. The minimum Gasteiger partial charge on any atom is -0.495 e. The smallest absolute Gasteiger partial charge is 0.495 e. The summed E-state index contributed by atoms with van der Waals surface area (Å²) in [5.74, 6) is -0.738. The number of carboxylic acids is 1. The van der Waals surface area contributed by atoms with Gasteiger partial charge in [0.25, 0.3) is 0 Å². The third-order valence-electron chi connectivity index (χ3n) is 2.33. The van der Waals surface area contributed by atoms with Crippen LogP contribution in [0, 0.1) is 0 Å². The summed E-state index contributed by atoms with van der Waals surface area (Å²) in [7, 11) is 0.484. The predicted octanol–water partition coefficient (Wildman–Crippen LogP) is 1.69. The van der Waals surface area contributed by atoms with E-state index in [1.807, 2.05) is 0 Å². The van der Waals surface area contributed by atoms with Crippen LogP contribution in [-0.2, 0) is 0 Å². The lowest BCUT2D eigenvalue weighted by Crippen LogP contribution is -2.15. The van der Waals surface area contributed by atoms with Gasteiger partial charge in [0.05, 0.1) is 18.0 Å². The van der Waals surface area contributed by atoms with Crippen molar-refractivity contribution in [2.45, 2.75) is 0 Å². The second-order valence-corrected chi connectivity index (χ2v) is 3.30. The third-order valence-corrected chi connectivity index (χ3v) is 2.33. The van der Waals surface area contributed by atoms with Gasteiger partial charge in [-0.15, -0.1) is 0 Å². The largest absolute Gasteiger partial charge is 0.577 e. The Morgan fingerprint density at radius 3 is 2.58 bits per heavy atom. The minimum absolute atomic E-state index is 0.277. The van der Waals surface area contributed by atoms with E-state index in [1.54, 1.807) is 18.2 Å². The van der Waals surface area contributed by atoms with E-state index >= 15 is 0 Å². The number of rotatable bonds is 2. The number of para-hydroxylation sites is 1. The summed E-state index contributed by atoms with van der Waals surface area (Å²) in [4.78, 5) is 25.3. The molecule has 1 aromatic carbocycles. The van der Waals surface area contributed by atoms with Crippen LogP contribution in [0.1, 0.15) is 10.4 Å². The molecular formula is C11H9BF2NO4. The van der Waals surface area contributed by atoms with Gasteiger partial charge in [0.1, 0.15) is 11.3 Å². The van der Waals surface area contributed by atoms with Crippen molar-refractivity contribution in [3.8, 4) is 5.75 Å². The molecule has 5 nitrogen and oxygen atoms in total. The summed E-state index contributed by atoms with van der Waals surface area (Å²) in [5.41, 5.74) is -0.291. The Hall–Kier alpha value is -2.38. The van der Waals surface area contributed by atoms with Gasteiger partial charge in [-0.05, 0) is 12.1 Å². The molecule has 1 heterocycles. The molecule has 2 aromatic rings. The summed E-state index contributed by atoms with van der Waals surface area (Å²) in [6.07, 6.45) is 1.18. The first-order chi connectivity index (χ1) is 9.06. The second kappa shape index (κ2) is 6.53. The van der Waals surface area contributed by atoms with Gasteiger partial charge >= 0.3 is 13.8 Å². The molecule has 0 aliphatic heterocycles. The van der Waals surface area contributed by atoms with Crippen LogP contribution >= 0.6 is 0 Å². The van der Waals surface area contributed by atoms with Crippen molar-refractivity contribution in [2.75, 3.05) is 7.11 Å². The van der Waals surface area contributed by atoms with Gasteiger partial charge in [-0.1, -0.05) is 6.07 Å². The van der Waals surface area contributed by atoms with Crippen LogP contribution in [-0.4, -0.2) is 31.0 Å². The van der Waals surface area contributed by atoms with Crippen molar-refractivity contribution in [3.63, 3.8) is 0 Å². The van der Waals surface area contributed by atoms with E-state index in [-0.39, 0.29) is 5.56 Å². The number of aromatic carboxylic acids is 1.